The van der Waals surface area contributed by atoms with Crippen LogP contribution in [-0.2, 0) is 16.6 Å². The Balaban J connectivity index is 0.00000220. The van der Waals surface area contributed by atoms with Crippen LogP contribution < -0.4 is 5.32 Å². The van der Waals surface area contributed by atoms with Gasteiger partial charge in [0, 0.05) is 25.8 Å². The summed E-state index contributed by atoms with van der Waals surface area (Å²) in [6, 6.07) is 0. The molecule has 8 heteroatoms. The number of imidazole rings is 1. The van der Waals surface area contributed by atoms with E-state index in [9.17, 15) is 8.42 Å². The number of aromatic nitrogens is 2. The Kier molecular flexibility index (Phi) is 6.65. The van der Waals surface area contributed by atoms with E-state index in [1.165, 1.54) is 0 Å². The van der Waals surface area contributed by atoms with Crippen LogP contribution in [0.1, 0.15) is 25.6 Å². The number of aryl methyl sites for hydroxylation is 2. The maximum atomic E-state index is 12.6. The first-order valence-corrected chi connectivity index (χ1v) is 8.61. The largest absolute Gasteiger partial charge is 0.334 e. The number of rotatable bonds is 5. The highest BCUT2D eigenvalue weighted by atomic mass is 35.5. The van der Waals surface area contributed by atoms with Gasteiger partial charge in [-0.25, -0.2) is 13.4 Å². The van der Waals surface area contributed by atoms with Gasteiger partial charge in [-0.3, -0.25) is 0 Å². The summed E-state index contributed by atoms with van der Waals surface area (Å²) in [7, 11) is -1.50. The second kappa shape index (κ2) is 7.58. The lowest BCUT2D eigenvalue weighted by Crippen LogP contribution is -2.40. The summed E-state index contributed by atoms with van der Waals surface area (Å²) in [4.78, 5) is 4.20. The Labute approximate surface area is 133 Å². The van der Waals surface area contributed by atoms with Gasteiger partial charge in [-0.05, 0) is 46.2 Å². The van der Waals surface area contributed by atoms with Crippen molar-refractivity contribution in [2.45, 2.75) is 38.3 Å². The monoisotopic (exact) mass is 336 g/mol. The first-order valence-electron chi connectivity index (χ1n) is 7.17. The van der Waals surface area contributed by atoms with Crippen molar-refractivity contribution in [2.24, 2.45) is 5.92 Å². The summed E-state index contributed by atoms with van der Waals surface area (Å²) in [6.45, 7) is 6.69. The quantitative estimate of drug-likeness (QED) is 0.879. The fourth-order valence-corrected chi connectivity index (χ4v) is 4.16. The van der Waals surface area contributed by atoms with Crippen molar-refractivity contribution in [3.05, 3.63) is 12.0 Å². The second-order valence-electron chi connectivity index (χ2n) is 5.32. The Morgan fingerprint density at radius 3 is 2.48 bits per heavy atom. The first-order chi connectivity index (χ1) is 9.48. The van der Waals surface area contributed by atoms with Crippen LogP contribution in [0.5, 0.6) is 0 Å². The summed E-state index contributed by atoms with van der Waals surface area (Å²) in [5.74, 6) is 1.32. The molecule has 0 amide bonds. The highest BCUT2D eigenvalue weighted by Crippen LogP contribution is 2.23. The Hall–Kier alpha value is -0.630. The van der Waals surface area contributed by atoms with Crippen LogP contribution in [0, 0.1) is 12.8 Å². The standard InChI is InChI=1S/C13H24N4O2S.ClH/c1-4-16-10-13(15-11(16)2)20(18,19)17-7-5-12(6-8-17)9-14-3;/h10,12,14H,4-9H2,1-3H3;1H. The predicted octanol–water partition coefficient (Wildman–Crippen LogP) is 1.25. The van der Waals surface area contributed by atoms with Gasteiger partial charge < -0.3 is 9.88 Å². The van der Waals surface area contributed by atoms with E-state index in [0.717, 1.165) is 31.8 Å². The van der Waals surface area contributed by atoms with Gasteiger partial charge in [-0.1, -0.05) is 0 Å². The van der Waals surface area contributed by atoms with E-state index in [1.807, 2.05) is 25.5 Å². The minimum absolute atomic E-state index is 0. The van der Waals surface area contributed by atoms with Gasteiger partial charge >= 0.3 is 0 Å². The van der Waals surface area contributed by atoms with Crippen molar-refractivity contribution in [3.8, 4) is 0 Å². The average molecular weight is 337 g/mol. The zero-order chi connectivity index (χ0) is 14.8. The number of hydrogen-bond acceptors (Lipinski definition) is 4. The lowest BCUT2D eigenvalue weighted by Gasteiger charge is -2.30. The molecule has 0 aliphatic carbocycles. The molecule has 1 aliphatic heterocycles. The number of nitrogens with zero attached hydrogens (tertiary/aromatic N) is 3. The summed E-state index contributed by atoms with van der Waals surface area (Å²) < 4.78 is 28.6. The molecule has 1 aliphatic rings. The van der Waals surface area contributed by atoms with Crippen molar-refractivity contribution >= 4 is 22.4 Å². The number of piperidine rings is 1. The summed E-state index contributed by atoms with van der Waals surface area (Å²) in [5, 5.41) is 3.34. The van der Waals surface area contributed by atoms with Gasteiger partial charge in [0.2, 0.25) is 0 Å². The van der Waals surface area contributed by atoms with Gasteiger partial charge in [0.15, 0.2) is 5.03 Å². The minimum atomic E-state index is -3.43. The maximum absolute atomic E-state index is 12.6. The molecule has 1 saturated heterocycles. The molecule has 2 rings (SSSR count). The fourth-order valence-electron chi connectivity index (χ4n) is 2.70. The third kappa shape index (κ3) is 3.97. The molecular weight excluding hydrogens is 312 g/mol. The van der Waals surface area contributed by atoms with Crippen LogP contribution in [0.15, 0.2) is 11.2 Å². The van der Waals surface area contributed by atoms with Crippen molar-refractivity contribution in [1.29, 1.82) is 0 Å². The maximum Gasteiger partial charge on any atom is 0.262 e. The molecular formula is C13H25ClN4O2S. The van der Waals surface area contributed by atoms with Gasteiger partial charge in [0.1, 0.15) is 5.82 Å². The highest BCUT2D eigenvalue weighted by molar-refractivity contribution is 7.89. The number of hydrogen-bond donors (Lipinski definition) is 1. The lowest BCUT2D eigenvalue weighted by molar-refractivity contribution is 0.270. The molecule has 1 N–H and O–H groups in total. The molecule has 1 aromatic rings. The molecule has 0 saturated carbocycles. The second-order valence-corrected chi connectivity index (χ2v) is 7.20. The molecule has 0 spiro atoms. The van der Waals surface area contributed by atoms with Crippen molar-refractivity contribution in [3.63, 3.8) is 0 Å². The average Bonchev–Trinajstić information content (AvgIpc) is 2.82. The van der Waals surface area contributed by atoms with E-state index in [2.05, 4.69) is 10.3 Å². The zero-order valence-electron chi connectivity index (χ0n) is 12.9. The normalized spacial score (nSPS) is 17.7. The molecule has 0 unspecified atom stereocenters. The molecule has 0 atom stereocenters. The fraction of sp³-hybridized carbons (Fsp3) is 0.769. The lowest BCUT2D eigenvalue weighted by atomic mass is 9.98. The first kappa shape index (κ1) is 18.4. The SMILES string of the molecule is CCn1cc(S(=O)(=O)N2CCC(CNC)CC2)nc1C.Cl. The minimum Gasteiger partial charge on any atom is -0.334 e. The Morgan fingerprint density at radius 2 is 2.00 bits per heavy atom. The molecule has 21 heavy (non-hydrogen) atoms. The van der Waals surface area contributed by atoms with E-state index in [4.69, 9.17) is 0 Å². The summed E-state index contributed by atoms with van der Waals surface area (Å²) in [6.07, 6.45) is 3.46. The summed E-state index contributed by atoms with van der Waals surface area (Å²) in [5.41, 5.74) is 0. The smallest absolute Gasteiger partial charge is 0.262 e. The Morgan fingerprint density at radius 1 is 1.38 bits per heavy atom. The van der Waals surface area contributed by atoms with Gasteiger partial charge in [-0.2, -0.15) is 4.31 Å². The molecule has 1 aromatic heterocycles. The topological polar surface area (TPSA) is 67.2 Å². The van der Waals surface area contributed by atoms with Gasteiger partial charge in [-0.15, -0.1) is 12.4 Å². The van der Waals surface area contributed by atoms with Crippen LogP contribution in [0.4, 0.5) is 0 Å². The molecule has 6 nitrogen and oxygen atoms in total. The van der Waals surface area contributed by atoms with Crippen molar-refractivity contribution in [1.82, 2.24) is 19.2 Å². The van der Waals surface area contributed by atoms with Crippen LogP contribution >= 0.6 is 12.4 Å². The van der Waals surface area contributed by atoms with E-state index in [1.54, 1.807) is 10.5 Å². The van der Waals surface area contributed by atoms with E-state index in [-0.39, 0.29) is 17.4 Å². The van der Waals surface area contributed by atoms with E-state index in [0.29, 0.717) is 19.0 Å². The van der Waals surface area contributed by atoms with Crippen molar-refractivity contribution < 1.29 is 8.42 Å². The Bertz CT molecular complexity index is 551. The van der Waals surface area contributed by atoms with Crippen LogP contribution in [0.3, 0.4) is 0 Å². The van der Waals surface area contributed by atoms with Crippen LogP contribution in [0.25, 0.3) is 0 Å². The zero-order valence-corrected chi connectivity index (χ0v) is 14.5. The van der Waals surface area contributed by atoms with E-state index < -0.39 is 10.0 Å². The third-order valence-corrected chi connectivity index (χ3v) is 5.74. The molecule has 2 heterocycles. The molecule has 0 aromatic carbocycles. The highest BCUT2D eigenvalue weighted by Gasteiger charge is 2.31. The molecule has 1 fully saturated rings. The van der Waals surface area contributed by atoms with Gasteiger partial charge in [0.05, 0.1) is 0 Å². The molecule has 0 bridgehead atoms. The van der Waals surface area contributed by atoms with E-state index >= 15 is 0 Å². The number of nitrogens with one attached hydrogen (secondary N) is 1. The molecule has 122 valence electrons. The molecule has 0 radical (unpaired) electrons. The van der Waals surface area contributed by atoms with Crippen molar-refractivity contribution in [2.75, 3.05) is 26.7 Å². The number of sulfonamides is 1. The summed E-state index contributed by atoms with van der Waals surface area (Å²) >= 11 is 0. The van der Waals surface area contributed by atoms with Gasteiger partial charge in [0.25, 0.3) is 10.0 Å². The van der Waals surface area contributed by atoms with Crippen LogP contribution in [0.2, 0.25) is 0 Å². The number of halogens is 1. The van der Waals surface area contributed by atoms with Crippen LogP contribution in [-0.4, -0.2) is 49.0 Å². The predicted molar refractivity (Wildman–Crippen MR) is 85.3 cm³/mol. The third-order valence-electron chi connectivity index (χ3n) is 3.97.